The molecular weight excluding hydrogens is 343 g/mol. The van der Waals surface area contributed by atoms with Crippen molar-refractivity contribution in [3.8, 4) is 0 Å². The van der Waals surface area contributed by atoms with Crippen molar-refractivity contribution >= 4 is 33.2 Å². The quantitative estimate of drug-likeness (QED) is 0.673. The van der Waals surface area contributed by atoms with Crippen molar-refractivity contribution in [2.24, 2.45) is 0 Å². The second-order valence-electron chi connectivity index (χ2n) is 4.28. The Bertz CT molecular complexity index is 689. The van der Waals surface area contributed by atoms with Crippen molar-refractivity contribution in [2.45, 2.75) is 6.42 Å². The second-order valence-corrected chi connectivity index (χ2v) is 5.13. The van der Waals surface area contributed by atoms with Crippen LogP contribution in [0.15, 0.2) is 46.9 Å². The number of hydrogen-bond donors (Lipinski definition) is 1. The standard InChI is InChI=1S/C14H10BrFN2O3/c15-12-8-10(3-6-13(12)16)17-14(19)7-9-1-4-11(5-2-9)18(20)21/h1-6,8H,7H2,(H,17,19). The molecule has 0 heterocycles. The van der Waals surface area contributed by atoms with E-state index in [0.717, 1.165) is 0 Å². The van der Waals surface area contributed by atoms with Crippen LogP contribution in [0.1, 0.15) is 5.56 Å². The third-order valence-electron chi connectivity index (χ3n) is 2.72. The van der Waals surface area contributed by atoms with Gasteiger partial charge in [0.05, 0.1) is 15.8 Å². The van der Waals surface area contributed by atoms with Crippen LogP contribution in [0.3, 0.4) is 0 Å². The number of nitro benzene ring substituents is 1. The third-order valence-corrected chi connectivity index (χ3v) is 3.32. The Kier molecular flexibility index (Phi) is 4.64. The number of rotatable bonds is 4. The van der Waals surface area contributed by atoms with Crippen molar-refractivity contribution < 1.29 is 14.1 Å². The van der Waals surface area contributed by atoms with Crippen LogP contribution in [0.25, 0.3) is 0 Å². The molecule has 7 heteroatoms. The molecule has 0 aliphatic carbocycles. The maximum Gasteiger partial charge on any atom is 0.269 e. The van der Waals surface area contributed by atoms with E-state index in [1.165, 1.54) is 42.5 Å². The molecule has 2 aromatic rings. The molecule has 1 amide bonds. The van der Waals surface area contributed by atoms with E-state index in [2.05, 4.69) is 21.2 Å². The molecule has 0 aromatic heterocycles. The molecule has 0 unspecified atom stereocenters. The molecular formula is C14H10BrFN2O3. The lowest BCUT2D eigenvalue weighted by Crippen LogP contribution is -2.14. The van der Waals surface area contributed by atoms with Crippen LogP contribution in [0.2, 0.25) is 0 Å². The number of halogens is 2. The molecule has 5 nitrogen and oxygen atoms in total. The van der Waals surface area contributed by atoms with Gasteiger partial charge in [-0.05, 0) is 39.7 Å². The summed E-state index contributed by atoms with van der Waals surface area (Å²) in [5, 5.41) is 13.2. The third kappa shape index (κ3) is 4.09. The number of benzene rings is 2. The van der Waals surface area contributed by atoms with Crippen molar-refractivity contribution in [3.05, 3.63) is 68.4 Å². The highest BCUT2D eigenvalue weighted by molar-refractivity contribution is 9.10. The van der Waals surface area contributed by atoms with Crippen LogP contribution in [-0.2, 0) is 11.2 Å². The van der Waals surface area contributed by atoms with E-state index in [1.54, 1.807) is 0 Å². The highest BCUT2D eigenvalue weighted by atomic mass is 79.9. The highest BCUT2D eigenvalue weighted by Gasteiger charge is 2.08. The minimum atomic E-state index is -0.500. The average Bonchev–Trinajstić information content (AvgIpc) is 2.43. The zero-order valence-electron chi connectivity index (χ0n) is 10.7. The molecule has 0 fully saturated rings. The SMILES string of the molecule is O=C(Cc1ccc([N+](=O)[O-])cc1)Nc1ccc(F)c(Br)c1. The Balaban J connectivity index is 2.01. The second kappa shape index (κ2) is 6.45. The number of hydrogen-bond acceptors (Lipinski definition) is 3. The molecule has 0 saturated carbocycles. The smallest absolute Gasteiger partial charge is 0.269 e. The molecule has 21 heavy (non-hydrogen) atoms. The number of non-ortho nitro benzene ring substituents is 1. The normalized spacial score (nSPS) is 10.2. The lowest BCUT2D eigenvalue weighted by molar-refractivity contribution is -0.384. The fraction of sp³-hybridized carbons (Fsp3) is 0.0714. The van der Waals surface area contributed by atoms with Crippen molar-refractivity contribution in [1.82, 2.24) is 0 Å². The van der Waals surface area contributed by atoms with Gasteiger partial charge in [0.1, 0.15) is 5.82 Å². The van der Waals surface area contributed by atoms with Crippen LogP contribution < -0.4 is 5.32 Å². The van der Waals surface area contributed by atoms with E-state index >= 15 is 0 Å². The molecule has 0 atom stereocenters. The van der Waals surface area contributed by atoms with E-state index in [1.807, 2.05) is 0 Å². The number of amides is 1. The zero-order valence-corrected chi connectivity index (χ0v) is 12.3. The molecule has 2 rings (SSSR count). The summed E-state index contributed by atoms with van der Waals surface area (Å²) >= 11 is 3.03. The molecule has 0 bridgehead atoms. The Labute approximate surface area is 128 Å². The van der Waals surface area contributed by atoms with Crippen LogP contribution in [0.5, 0.6) is 0 Å². The molecule has 0 saturated heterocycles. The zero-order chi connectivity index (χ0) is 15.4. The van der Waals surface area contributed by atoms with Gasteiger partial charge in [-0.2, -0.15) is 0 Å². The summed E-state index contributed by atoms with van der Waals surface area (Å²) in [6.07, 6.45) is 0.0764. The Morgan fingerprint density at radius 1 is 1.24 bits per heavy atom. The minimum absolute atomic E-state index is 0.0263. The fourth-order valence-corrected chi connectivity index (χ4v) is 2.08. The number of nitro groups is 1. The first-order valence-electron chi connectivity index (χ1n) is 5.94. The highest BCUT2D eigenvalue weighted by Crippen LogP contribution is 2.20. The number of carbonyl (C=O) groups excluding carboxylic acids is 1. The van der Waals surface area contributed by atoms with Gasteiger partial charge < -0.3 is 5.32 Å². The molecule has 108 valence electrons. The maximum absolute atomic E-state index is 13.1. The predicted molar refractivity (Wildman–Crippen MR) is 79.5 cm³/mol. The molecule has 0 spiro atoms. The Morgan fingerprint density at radius 3 is 2.48 bits per heavy atom. The summed E-state index contributed by atoms with van der Waals surface area (Å²) in [4.78, 5) is 21.9. The van der Waals surface area contributed by atoms with E-state index in [0.29, 0.717) is 11.3 Å². The summed E-state index contributed by atoms with van der Waals surface area (Å²) in [7, 11) is 0. The van der Waals surface area contributed by atoms with Crippen LogP contribution in [-0.4, -0.2) is 10.8 Å². The first-order valence-corrected chi connectivity index (χ1v) is 6.73. The number of nitrogens with zero attached hydrogens (tertiary/aromatic N) is 1. The number of anilines is 1. The average molecular weight is 353 g/mol. The summed E-state index contributed by atoms with van der Waals surface area (Å²) in [5.41, 5.74) is 1.09. The molecule has 1 N–H and O–H groups in total. The van der Waals surface area contributed by atoms with Crippen molar-refractivity contribution in [2.75, 3.05) is 5.32 Å². The van der Waals surface area contributed by atoms with E-state index in [9.17, 15) is 19.3 Å². The van der Waals surface area contributed by atoms with Crippen LogP contribution >= 0.6 is 15.9 Å². The summed E-state index contributed by atoms with van der Waals surface area (Å²) in [6.45, 7) is 0. The summed E-state index contributed by atoms with van der Waals surface area (Å²) in [6, 6.07) is 9.90. The molecule has 2 aromatic carbocycles. The van der Waals surface area contributed by atoms with Gasteiger partial charge in [-0.15, -0.1) is 0 Å². The predicted octanol–water partition coefficient (Wildman–Crippen LogP) is 3.68. The van der Waals surface area contributed by atoms with E-state index < -0.39 is 10.7 Å². The van der Waals surface area contributed by atoms with Gasteiger partial charge in [0.15, 0.2) is 0 Å². The van der Waals surface area contributed by atoms with Crippen LogP contribution in [0, 0.1) is 15.9 Å². The lowest BCUT2D eigenvalue weighted by Gasteiger charge is -2.06. The molecule has 0 aliphatic heterocycles. The number of nitrogens with one attached hydrogen (secondary N) is 1. The van der Waals surface area contributed by atoms with Crippen molar-refractivity contribution in [3.63, 3.8) is 0 Å². The molecule has 0 aliphatic rings. The van der Waals surface area contributed by atoms with Crippen LogP contribution in [0.4, 0.5) is 15.8 Å². The van der Waals surface area contributed by atoms with Gasteiger partial charge in [-0.25, -0.2) is 4.39 Å². The van der Waals surface area contributed by atoms with Gasteiger partial charge in [-0.1, -0.05) is 12.1 Å². The van der Waals surface area contributed by atoms with E-state index in [-0.39, 0.29) is 22.5 Å². The van der Waals surface area contributed by atoms with Gasteiger partial charge in [-0.3, -0.25) is 14.9 Å². The van der Waals surface area contributed by atoms with Gasteiger partial charge in [0.25, 0.3) is 5.69 Å². The maximum atomic E-state index is 13.1. The first-order chi connectivity index (χ1) is 9.95. The Morgan fingerprint density at radius 2 is 1.90 bits per heavy atom. The monoisotopic (exact) mass is 352 g/mol. The fourth-order valence-electron chi connectivity index (χ4n) is 1.70. The minimum Gasteiger partial charge on any atom is -0.326 e. The number of carbonyl (C=O) groups is 1. The first kappa shape index (κ1) is 15.1. The lowest BCUT2D eigenvalue weighted by atomic mass is 10.1. The largest absolute Gasteiger partial charge is 0.326 e. The topological polar surface area (TPSA) is 72.2 Å². The van der Waals surface area contributed by atoms with E-state index in [4.69, 9.17) is 0 Å². The summed E-state index contributed by atoms with van der Waals surface area (Å²) in [5.74, 6) is -0.703. The van der Waals surface area contributed by atoms with Gasteiger partial charge >= 0.3 is 0 Å². The van der Waals surface area contributed by atoms with Crippen molar-refractivity contribution in [1.29, 1.82) is 0 Å². The van der Waals surface area contributed by atoms with Gasteiger partial charge in [0, 0.05) is 17.8 Å². The summed E-state index contributed by atoms with van der Waals surface area (Å²) < 4.78 is 13.3. The Hall–Kier alpha value is -2.28. The van der Waals surface area contributed by atoms with Gasteiger partial charge in [0.2, 0.25) is 5.91 Å². The molecule has 0 radical (unpaired) electrons.